The van der Waals surface area contributed by atoms with Crippen molar-refractivity contribution < 1.29 is 14.3 Å². The van der Waals surface area contributed by atoms with Crippen LogP contribution < -0.4 is 15.2 Å². The molecule has 3 rings (SSSR count). The fourth-order valence-corrected chi connectivity index (χ4v) is 3.18. The molecular weight excluding hydrogens is 286 g/mol. The van der Waals surface area contributed by atoms with Crippen LogP contribution in [0, 0.1) is 0 Å². The molecule has 0 saturated carbocycles. The lowest BCUT2D eigenvalue weighted by atomic mass is 9.96. The Kier molecular flexibility index (Phi) is 2.60. The monoisotopic (exact) mass is 297 g/mol. The van der Waals surface area contributed by atoms with Crippen molar-refractivity contribution in [2.24, 2.45) is 5.73 Å². The first kappa shape index (κ1) is 11.0. The van der Waals surface area contributed by atoms with Gasteiger partial charge in [0.2, 0.25) is 0 Å². The maximum atomic E-state index is 12.0. The smallest absolute Gasteiger partial charge is 0.180 e. The van der Waals surface area contributed by atoms with Crippen molar-refractivity contribution in [1.82, 2.24) is 0 Å². The highest BCUT2D eigenvalue weighted by molar-refractivity contribution is 9.10. The Morgan fingerprint density at radius 2 is 1.82 bits per heavy atom. The molecule has 0 spiro atoms. The second-order valence-electron chi connectivity index (χ2n) is 4.13. The van der Waals surface area contributed by atoms with Crippen LogP contribution >= 0.6 is 15.9 Å². The minimum atomic E-state index is -0.0719. The van der Waals surface area contributed by atoms with Gasteiger partial charge >= 0.3 is 0 Å². The summed E-state index contributed by atoms with van der Waals surface area (Å²) in [6.07, 6.45) is 1.54. The average molecular weight is 298 g/mol. The molecule has 1 aromatic carbocycles. The average Bonchev–Trinajstić information content (AvgIpc) is 2.96. The van der Waals surface area contributed by atoms with Gasteiger partial charge in [0.05, 0.1) is 29.8 Å². The summed E-state index contributed by atoms with van der Waals surface area (Å²) in [6, 6.07) is 0. The molecule has 0 fully saturated rings. The van der Waals surface area contributed by atoms with Crippen LogP contribution in [0.1, 0.15) is 21.5 Å². The minimum absolute atomic E-state index is 0.00384. The molecule has 5 heteroatoms. The van der Waals surface area contributed by atoms with Crippen molar-refractivity contribution in [3.63, 3.8) is 0 Å². The second kappa shape index (κ2) is 3.99. The van der Waals surface area contributed by atoms with E-state index in [2.05, 4.69) is 15.9 Å². The van der Waals surface area contributed by atoms with E-state index in [1.54, 1.807) is 0 Å². The Hall–Kier alpha value is -1.07. The number of carbonyl (C=O) groups is 1. The number of halogens is 1. The highest BCUT2D eigenvalue weighted by Crippen LogP contribution is 2.47. The van der Waals surface area contributed by atoms with Crippen LogP contribution in [-0.2, 0) is 12.8 Å². The number of rotatable bonds is 2. The Bertz CT molecular complexity index is 478. The number of ether oxygens (including phenoxy) is 2. The van der Waals surface area contributed by atoms with Gasteiger partial charge in [-0.05, 0) is 15.9 Å². The SMILES string of the molecule is NCC(=O)c1c2c(c(Br)c3c1OCC3)OCC2. The molecule has 2 aliphatic rings. The van der Waals surface area contributed by atoms with Crippen molar-refractivity contribution in [2.75, 3.05) is 19.8 Å². The van der Waals surface area contributed by atoms with Gasteiger partial charge in [-0.2, -0.15) is 0 Å². The molecule has 0 aromatic heterocycles. The molecule has 0 radical (unpaired) electrons. The quantitative estimate of drug-likeness (QED) is 0.840. The zero-order valence-electron chi connectivity index (χ0n) is 9.22. The van der Waals surface area contributed by atoms with Crippen molar-refractivity contribution in [2.45, 2.75) is 12.8 Å². The molecular formula is C12H12BrNO3. The third kappa shape index (κ3) is 1.49. The number of Topliss-reactive ketones (excluding diaryl/α,β-unsaturated/α-hetero) is 1. The molecule has 2 aliphatic heterocycles. The number of hydrogen-bond acceptors (Lipinski definition) is 4. The Balaban J connectivity index is 2.30. The number of fused-ring (bicyclic) bond motifs is 2. The normalized spacial score (nSPS) is 16.1. The fourth-order valence-electron chi connectivity index (χ4n) is 2.45. The van der Waals surface area contributed by atoms with Crippen LogP contribution in [-0.4, -0.2) is 25.5 Å². The summed E-state index contributed by atoms with van der Waals surface area (Å²) in [5, 5.41) is 0. The molecule has 0 amide bonds. The van der Waals surface area contributed by atoms with E-state index in [1.165, 1.54) is 0 Å². The van der Waals surface area contributed by atoms with E-state index in [0.29, 0.717) is 24.5 Å². The van der Waals surface area contributed by atoms with Crippen LogP contribution in [0.3, 0.4) is 0 Å². The maximum absolute atomic E-state index is 12.0. The van der Waals surface area contributed by atoms with Crippen LogP contribution in [0.25, 0.3) is 0 Å². The number of hydrogen-bond donors (Lipinski definition) is 1. The van der Waals surface area contributed by atoms with E-state index < -0.39 is 0 Å². The van der Waals surface area contributed by atoms with Gasteiger partial charge in [-0.3, -0.25) is 4.79 Å². The first-order valence-electron chi connectivity index (χ1n) is 5.60. The second-order valence-corrected chi connectivity index (χ2v) is 4.92. The Labute approximate surface area is 107 Å². The molecule has 2 N–H and O–H groups in total. The lowest BCUT2D eigenvalue weighted by Gasteiger charge is -2.13. The van der Waals surface area contributed by atoms with Crippen molar-refractivity contribution in [3.05, 3.63) is 21.2 Å². The van der Waals surface area contributed by atoms with Gasteiger partial charge in [0.15, 0.2) is 5.78 Å². The summed E-state index contributed by atoms with van der Waals surface area (Å²) in [5.74, 6) is 1.43. The molecule has 4 nitrogen and oxygen atoms in total. The van der Waals surface area contributed by atoms with E-state index in [-0.39, 0.29) is 12.3 Å². The lowest BCUT2D eigenvalue weighted by molar-refractivity contribution is 0.0997. The summed E-state index contributed by atoms with van der Waals surface area (Å²) in [6.45, 7) is 1.23. The van der Waals surface area contributed by atoms with E-state index >= 15 is 0 Å². The Morgan fingerprint density at radius 3 is 2.53 bits per heavy atom. The summed E-state index contributed by atoms with van der Waals surface area (Å²) < 4.78 is 12.1. The topological polar surface area (TPSA) is 61.6 Å². The van der Waals surface area contributed by atoms with Crippen LogP contribution in [0.4, 0.5) is 0 Å². The zero-order valence-corrected chi connectivity index (χ0v) is 10.8. The molecule has 0 unspecified atom stereocenters. The van der Waals surface area contributed by atoms with Gasteiger partial charge in [-0.1, -0.05) is 0 Å². The molecule has 0 aliphatic carbocycles. The number of benzene rings is 1. The molecule has 17 heavy (non-hydrogen) atoms. The number of ketones is 1. The number of nitrogens with two attached hydrogens (primary N) is 1. The van der Waals surface area contributed by atoms with Gasteiger partial charge in [-0.25, -0.2) is 0 Å². The van der Waals surface area contributed by atoms with Crippen LogP contribution in [0.2, 0.25) is 0 Å². The first-order chi connectivity index (χ1) is 8.24. The molecule has 0 saturated heterocycles. The van der Waals surface area contributed by atoms with Crippen LogP contribution in [0.5, 0.6) is 11.5 Å². The summed E-state index contributed by atoms with van der Waals surface area (Å²) in [4.78, 5) is 12.0. The van der Waals surface area contributed by atoms with Gasteiger partial charge < -0.3 is 15.2 Å². The van der Waals surface area contributed by atoms with Gasteiger partial charge in [0, 0.05) is 24.0 Å². The highest BCUT2D eigenvalue weighted by atomic mass is 79.9. The zero-order chi connectivity index (χ0) is 12.0. The fraction of sp³-hybridized carbons (Fsp3) is 0.417. The van der Waals surface area contributed by atoms with Gasteiger partial charge in [0.25, 0.3) is 0 Å². The van der Waals surface area contributed by atoms with Crippen molar-refractivity contribution in [1.29, 1.82) is 0 Å². The number of carbonyl (C=O) groups excluding carboxylic acids is 1. The largest absolute Gasteiger partial charge is 0.492 e. The summed E-state index contributed by atoms with van der Waals surface area (Å²) in [5.41, 5.74) is 8.08. The minimum Gasteiger partial charge on any atom is -0.492 e. The molecule has 0 bridgehead atoms. The third-order valence-corrected chi connectivity index (χ3v) is 4.04. The third-order valence-electron chi connectivity index (χ3n) is 3.20. The van der Waals surface area contributed by atoms with E-state index in [9.17, 15) is 4.79 Å². The summed E-state index contributed by atoms with van der Waals surface area (Å²) >= 11 is 3.54. The van der Waals surface area contributed by atoms with Gasteiger partial charge in [-0.15, -0.1) is 0 Å². The maximum Gasteiger partial charge on any atom is 0.180 e. The predicted molar refractivity (Wildman–Crippen MR) is 65.9 cm³/mol. The molecule has 90 valence electrons. The van der Waals surface area contributed by atoms with Crippen molar-refractivity contribution in [3.8, 4) is 11.5 Å². The first-order valence-corrected chi connectivity index (χ1v) is 6.39. The molecule has 0 atom stereocenters. The van der Waals surface area contributed by atoms with Gasteiger partial charge in [0.1, 0.15) is 11.5 Å². The predicted octanol–water partition coefficient (Wildman–Crippen LogP) is 1.46. The molecule has 1 aromatic rings. The molecule has 2 heterocycles. The van der Waals surface area contributed by atoms with E-state index in [1.807, 2.05) is 0 Å². The van der Waals surface area contributed by atoms with E-state index in [0.717, 1.165) is 34.2 Å². The lowest BCUT2D eigenvalue weighted by Crippen LogP contribution is -2.16. The van der Waals surface area contributed by atoms with E-state index in [4.69, 9.17) is 15.2 Å². The Morgan fingerprint density at radius 1 is 1.18 bits per heavy atom. The van der Waals surface area contributed by atoms with Crippen molar-refractivity contribution >= 4 is 21.7 Å². The van der Waals surface area contributed by atoms with Crippen LogP contribution in [0.15, 0.2) is 4.47 Å². The highest BCUT2D eigenvalue weighted by Gasteiger charge is 2.32. The summed E-state index contributed by atoms with van der Waals surface area (Å²) in [7, 11) is 0. The standard InChI is InChI=1S/C12H12BrNO3/c13-10-7-2-4-16-11(7)9(8(15)5-14)6-1-3-17-12(6)10/h1-5,14H2.